The molecular weight excluding hydrogens is 238 g/mol. The third-order valence-electron chi connectivity index (χ3n) is 3.79. The highest BCUT2D eigenvalue weighted by atomic mass is 16.5. The van der Waals surface area contributed by atoms with Crippen molar-refractivity contribution in [3.05, 3.63) is 35.5 Å². The molecule has 0 saturated carbocycles. The predicted molar refractivity (Wildman–Crippen MR) is 75.4 cm³/mol. The van der Waals surface area contributed by atoms with E-state index in [1.54, 1.807) is 0 Å². The van der Waals surface area contributed by atoms with Gasteiger partial charge in [-0.1, -0.05) is 32.0 Å². The molecule has 0 aliphatic carbocycles. The van der Waals surface area contributed by atoms with Gasteiger partial charge in [-0.3, -0.25) is 0 Å². The van der Waals surface area contributed by atoms with Crippen LogP contribution in [0.4, 0.5) is 0 Å². The van der Waals surface area contributed by atoms with Crippen LogP contribution in [-0.2, 0) is 17.7 Å². The summed E-state index contributed by atoms with van der Waals surface area (Å²) < 4.78 is 7.51. The van der Waals surface area contributed by atoms with Crippen molar-refractivity contribution in [2.24, 2.45) is 5.41 Å². The maximum absolute atomic E-state index is 12.3. The van der Waals surface area contributed by atoms with Crippen molar-refractivity contribution in [1.29, 1.82) is 0 Å². The van der Waals surface area contributed by atoms with E-state index in [9.17, 15) is 4.79 Å². The molecule has 1 aliphatic rings. The van der Waals surface area contributed by atoms with Gasteiger partial charge in [0.1, 0.15) is 0 Å². The molecule has 1 aromatic carbocycles. The Morgan fingerprint density at radius 1 is 1.37 bits per heavy atom. The number of fused-ring (bicyclic) bond motifs is 3. The number of benzene rings is 1. The van der Waals surface area contributed by atoms with E-state index in [-0.39, 0.29) is 11.4 Å². The molecule has 2 aromatic rings. The molecule has 0 unspecified atom stereocenters. The third kappa shape index (κ3) is 1.84. The number of nitrogens with zero attached hydrogens (tertiary/aromatic N) is 1. The zero-order valence-corrected chi connectivity index (χ0v) is 11.7. The lowest BCUT2D eigenvalue weighted by Crippen LogP contribution is -2.13. The monoisotopic (exact) mass is 257 g/mol. The molecule has 100 valence electrons. The first-order valence-corrected chi connectivity index (χ1v) is 6.81. The third-order valence-corrected chi connectivity index (χ3v) is 3.79. The molecule has 0 N–H and O–H groups in total. The summed E-state index contributed by atoms with van der Waals surface area (Å²) in [6.07, 6.45) is 0.926. The summed E-state index contributed by atoms with van der Waals surface area (Å²) in [6.45, 7) is 7.71. The second kappa shape index (κ2) is 4.12. The van der Waals surface area contributed by atoms with E-state index in [4.69, 9.17) is 4.74 Å². The van der Waals surface area contributed by atoms with Crippen molar-refractivity contribution in [3.63, 3.8) is 0 Å². The lowest BCUT2D eigenvalue weighted by molar-refractivity contribution is 0.0527. The number of para-hydroxylation sites is 1. The predicted octanol–water partition coefficient (Wildman–Crippen LogP) is 3.40. The van der Waals surface area contributed by atoms with Gasteiger partial charge in [0.25, 0.3) is 0 Å². The topological polar surface area (TPSA) is 31.2 Å². The SMILES string of the molecule is CCOC(=O)c1c2n(c3ccccc13)CC(C)(C)C2. The first kappa shape index (κ1) is 12.3. The molecule has 3 nitrogen and oxygen atoms in total. The van der Waals surface area contributed by atoms with E-state index in [1.165, 1.54) is 0 Å². The van der Waals surface area contributed by atoms with E-state index in [1.807, 2.05) is 25.1 Å². The smallest absolute Gasteiger partial charge is 0.340 e. The van der Waals surface area contributed by atoms with Crippen LogP contribution >= 0.6 is 0 Å². The molecule has 0 radical (unpaired) electrons. The number of hydrogen-bond acceptors (Lipinski definition) is 2. The summed E-state index contributed by atoms with van der Waals surface area (Å²) in [6, 6.07) is 8.10. The highest BCUT2D eigenvalue weighted by molar-refractivity contribution is 6.06. The Morgan fingerprint density at radius 2 is 2.11 bits per heavy atom. The van der Waals surface area contributed by atoms with Crippen molar-refractivity contribution in [2.45, 2.75) is 33.7 Å². The lowest BCUT2D eigenvalue weighted by atomic mass is 9.89. The van der Waals surface area contributed by atoms with Gasteiger partial charge < -0.3 is 9.30 Å². The second-order valence-electron chi connectivity index (χ2n) is 5.99. The fraction of sp³-hybridized carbons (Fsp3) is 0.438. The van der Waals surface area contributed by atoms with Crippen LogP contribution in [0.3, 0.4) is 0 Å². The largest absolute Gasteiger partial charge is 0.462 e. The van der Waals surface area contributed by atoms with Crippen LogP contribution < -0.4 is 0 Å². The van der Waals surface area contributed by atoms with Crippen molar-refractivity contribution >= 4 is 16.9 Å². The maximum atomic E-state index is 12.3. The van der Waals surface area contributed by atoms with Crippen molar-refractivity contribution < 1.29 is 9.53 Å². The minimum atomic E-state index is -0.190. The van der Waals surface area contributed by atoms with Crippen LogP contribution in [0.2, 0.25) is 0 Å². The molecule has 1 aliphatic heterocycles. The highest BCUT2D eigenvalue weighted by Gasteiger charge is 2.35. The molecular formula is C16H19NO2. The fourth-order valence-electron chi connectivity index (χ4n) is 3.09. The van der Waals surface area contributed by atoms with E-state index in [2.05, 4.69) is 24.5 Å². The number of carbonyl (C=O) groups is 1. The van der Waals surface area contributed by atoms with Crippen molar-refractivity contribution in [2.75, 3.05) is 6.61 Å². The molecule has 0 spiro atoms. The standard InChI is InChI=1S/C16H19NO2/c1-4-19-15(18)14-11-7-5-6-8-12(11)17-10-16(2,3)9-13(14)17/h5-8H,4,9-10H2,1-3H3. The van der Waals surface area contributed by atoms with Gasteiger partial charge in [-0.15, -0.1) is 0 Å². The second-order valence-corrected chi connectivity index (χ2v) is 5.99. The highest BCUT2D eigenvalue weighted by Crippen LogP contribution is 2.39. The van der Waals surface area contributed by atoms with Crippen LogP contribution in [0.5, 0.6) is 0 Å². The molecule has 0 atom stereocenters. The van der Waals surface area contributed by atoms with Gasteiger partial charge in [-0.25, -0.2) is 4.79 Å². The van der Waals surface area contributed by atoms with Crippen LogP contribution in [0, 0.1) is 5.41 Å². The quantitative estimate of drug-likeness (QED) is 0.772. The fourth-order valence-corrected chi connectivity index (χ4v) is 3.09. The van der Waals surface area contributed by atoms with Crippen LogP contribution in [0.1, 0.15) is 36.8 Å². The molecule has 3 heteroatoms. The van der Waals surface area contributed by atoms with Gasteiger partial charge in [0, 0.05) is 23.1 Å². The molecule has 1 aromatic heterocycles. The average molecular weight is 257 g/mol. The molecule has 0 amide bonds. The Hall–Kier alpha value is -1.77. The van der Waals surface area contributed by atoms with Crippen LogP contribution in [-0.4, -0.2) is 17.1 Å². The van der Waals surface area contributed by atoms with Crippen molar-refractivity contribution in [1.82, 2.24) is 4.57 Å². The van der Waals surface area contributed by atoms with Gasteiger partial charge in [0.2, 0.25) is 0 Å². The normalized spacial score (nSPS) is 16.6. The van der Waals surface area contributed by atoms with Gasteiger partial charge >= 0.3 is 5.97 Å². The molecule has 19 heavy (non-hydrogen) atoms. The van der Waals surface area contributed by atoms with Crippen LogP contribution in [0.25, 0.3) is 10.9 Å². The Kier molecular flexibility index (Phi) is 2.66. The first-order chi connectivity index (χ1) is 9.03. The Labute approximate surface area is 113 Å². The first-order valence-electron chi connectivity index (χ1n) is 6.81. The average Bonchev–Trinajstić information content (AvgIpc) is 2.80. The van der Waals surface area contributed by atoms with Gasteiger partial charge in [0.05, 0.1) is 12.2 Å². The summed E-state index contributed by atoms with van der Waals surface area (Å²) in [5.74, 6) is -0.190. The number of rotatable bonds is 2. The minimum absolute atomic E-state index is 0.190. The van der Waals surface area contributed by atoms with E-state index >= 15 is 0 Å². The van der Waals surface area contributed by atoms with Gasteiger partial charge in [-0.05, 0) is 24.8 Å². The number of aromatic nitrogens is 1. The Morgan fingerprint density at radius 3 is 2.84 bits per heavy atom. The van der Waals surface area contributed by atoms with Gasteiger partial charge in [0.15, 0.2) is 0 Å². The summed E-state index contributed by atoms with van der Waals surface area (Å²) in [7, 11) is 0. The number of esters is 1. The number of hydrogen-bond donors (Lipinski definition) is 0. The molecule has 0 fully saturated rings. The van der Waals surface area contributed by atoms with E-state index in [0.717, 1.165) is 35.1 Å². The van der Waals surface area contributed by atoms with Gasteiger partial charge in [-0.2, -0.15) is 0 Å². The zero-order chi connectivity index (χ0) is 13.6. The Balaban J connectivity index is 2.24. The molecule has 2 heterocycles. The van der Waals surface area contributed by atoms with Crippen LogP contribution in [0.15, 0.2) is 24.3 Å². The Bertz CT molecular complexity index is 652. The zero-order valence-electron chi connectivity index (χ0n) is 11.7. The molecule has 3 rings (SSSR count). The van der Waals surface area contributed by atoms with E-state index < -0.39 is 0 Å². The maximum Gasteiger partial charge on any atom is 0.340 e. The summed E-state index contributed by atoms with van der Waals surface area (Å²) in [5.41, 5.74) is 3.25. The lowest BCUT2D eigenvalue weighted by Gasteiger charge is -2.16. The van der Waals surface area contributed by atoms with E-state index in [0.29, 0.717) is 6.61 Å². The summed E-state index contributed by atoms with van der Waals surface area (Å²) in [5, 5.41) is 1.02. The molecule has 0 bridgehead atoms. The summed E-state index contributed by atoms with van der Waals surface area (Å²) >= 11 is 0. The molecule has 0 saturated heterocycles. The number of ether oxygens (including phenoxy) is 1. The minimum Gasteiger partial charge on any atom is -0.462 e. The summed E-state index contributed by atoms with van der Waals surface area (Å²) in [4.78, 5) is 12.3. The van der Waals surface area contributed by atoms with Crippen molar-refractivity contribution in [3.8, 4) is 0 Å². The number of carbonyl (C=O) groups excluding carboxylic acids is 1.